The number of hydrogen-bond donors (Lipinski definition) is 0. The zero-order chi connectivity index (χ0) is 10.9. The molecular formula is C13H24O2. The first-order valence-electron chi connectivity index (χ1n) is 6.49. The van der Waals surface area contributed by atoms with Crippen LogP contribution in [0.3, 0.4) is 0 Å². The monoisotopic (exact) mass is 212 g/mol. The Morgan fingerprint density at radius 1 is 1.20 bits per heavy atom. The molecule has 1 rings (SSSR count). The van der Waals surface area contributed by atoms with Gasteiger partial charge in [-0.3, -0.25) is 4.79 Å². The van der Waals surface area contributed by atoms with E-state index in [4.69, 9.17) is 4.74 Å². The molecule has 0 N–H and O–H groups in total. The lowest BCUT2D eigenvalue weighted by Crippen LogP contribution is -2.18. The average Bonchev–Trinajstić information content (AvgIpc) is 2.76. The minimum absolute atomic E-state index is 0.0550. The summed E-state index contributed by atoms with van der Waals surface area (Å²) in [5.41, 5.74) is 0. The number of rotatable bonds is 8. The summed E-state index contributed by atoms with van der Waals surface area (Å²) >= 11 is 0. The lowest BCUT2D eigenvalue weighted by Gasteiger charge is -2.07. The van der Waals surface area contributed by atoms with Crippen molar-refractivity contribution in [3.8, 4) is 0 Å². The minimum Gasteiger partial charge on any atom is -0.370 e. The fraction of sp³-hybridized carbons (Fsp3) is 0.923. The molecule has 1 fully saturated rings. The first-order valence-corrected chi connectivity index (χ1v) is 6.49. The molecule has 88 valence electrons. The number of unbranched alkanes of at least 4 members (excludes halogenated alkanes) is 5. The second-order valence-electron chi connectivity index (χ2n) is 4.49. The maximum Gasteiger partial charge on any atom is 0.161 e. The average molecular weight is 212 g/mol. The van der Waals surface area contributed by atoms with Crippen molar-refractivity contribution in [2.24, 2.45) is 0 Å². The van der Waals surface area contributed by atoms with Gasteiger partial charge in [-0.05, 0) is 19.3 Å². The van der Waals surface area contributed by atoms with E-state index in [0.717, 1.165) is 32.3 Å². The van der Waals surface area contributed by atoms with E-state index in [1.807, 2.05) is 0 Å². The van der Waals surface area contributed by atoms with Crippen LogP contribution in [0.4, 0.5) is 0 Å². The van der Waals surface area contributed by atoms with E-state index >= 15 is 0 Å². The van der Waals surface area contributed by atoms with E-state index in [9.17, 15) is 4.79 Å². The van der Waals surface area contributed by atoms with Gasteiger partial charge in [-0.1, -0.05) is 39.0 Å². The Kier molecular flexibility index (Phi) is 6.66. The molecule has 15 heavy (non-hydrogen) atoms. The summed E-state index contributed by atoms with van der Waals surface area (Å²) in [5, 5.41) is 0. The molecule has 0 radical (unpaired) electrons. The summed E-state index contributed by atoms with van der Waals surface area (Å²) in [5.74, 6) is 0.336. The predicted octanol–water partition coefficient (Wildman–Crippen LogP) is 3.49. The molecule has 2 nitrogen and oxygen atoms in total. The van der Waals surface area contributed by atoms with Gasteiger partial charge in [0.15, 0.2) is 5.78 Å². The molecule has 0 bridgehead atoms. The minimum atomic E-state index is -0.0550. The lowest BCUT2D eigenvalue weighted by atomic mass is 10.0. The first-order chi connectivity index (χ1) is 7.34. The standard InChI is InChI=1S/C13H24O2/c1-2-3-4-5-6-7-9-12(14)13-10-8-11-15-13/h13H,2-11H2,1H3. The van der Waals surface area contributed by atoms with Crippen LogP contribution in [-0.2, 0) is 9.53 Å². The van der Waals surface area contributed by atoms with Gasteiger partial charge in [-0.25, -0.2) is 0 Å². The number of Topliss-reactive ketones (excluding diaryl/α,β-unsaturated/α-hetero) is 1. The topological polar surface area (TPSA) is 26.3 Å². The van der Waals surface area contributed by atoms with Gasteiger partial charge >= 0.3 is 0 Å². The second kappa shape index (κ2) is 7.86. The van der Waals surface area contributed by atoms with Gasteiger partial charge in [0.05, 0.1) is 0 Å². The normalized spacial score (nSPS) is 20.7. The molecule has 2 heteroatoms. The van der Waals surface area contributed by atoms with Gasteiger partial charge < -0.3 is 4.74 Å². The van der Waals surface area contributed by atoms with Crippen molar-refractivity contribution < 1.29 is 9.53 Å². The van der Waals surface area contributed by atoms with Crippen LogP contribution in [0.1, 0.15) is 64.7 Å². The SMILES string of the molecule is CCCCCCCCC(=O)C1CCCO1. The van der Waals surface area contributed by atoms with Crippen LogP contribution < -0.4 is 0 Å². The second-order valence-corrected chi connectivity index (χ2v) is 4.49. The Balaban J connectivity index is 1.92. The number of carbonyl (C=O) groups excluding carboxylic acids is 1. The molecule has 1 saturated heterocycles. The van der Waals surface area contributed by atoms with Gasteiger partial charge in [-0.2, -0.15) is 0 Å². The largest absolute Gasteiger partial charge is 0.370 e. The van der Waals surface area contributed by atoms with Gasteiger partial charge in [-0.15, -0.1) is 0 Å². The quantitative estimate of drug-likeness (QED) is 0.576. The first kappa shape index (κ1) is 12.7. The molecule has 0 spiro atoms. The highest BCUT2D eigenvalue weighted by Crippen LogP contribution is 2.16. The smallest absolute Gasteiger partial charge is 0.161 e. The van der Waals surface area contributed by atoms with Crippen LogP contribution in [0.5, 0.6) is 0 Å². The molecular weight excluding hydrogens is 188 g/mol. The Hall–Kier alpha value is -0.370. The molecule has 1 aliphatic heterocycles. The molecule has 0 aromatic carbocycles. The maximum absolute atomic E-state index is 11.6. The number of hydrogen-bond acceptors (Lipinski definition) is 2. The van der Waals surface area contributed by atoms with Crippen LogP contribution >= 0.6 is 0 Å². The fourth-order valence-electron chi connectivity index (χ4n) is 2.07. The van der Waals surface area contributed by atoms with Crippen molar-refractivity contribution in [2.75, 3.05) is 6.61 Å². The lowest BCUT2D eigenvalue weighted by molar-refractivity contribution is -0.127. The molecule has 0 amide bonds. The molecule has 1 heterocycles. The van der Waals surface area contributed by atoms with Gasteiger partial charge in [0.2, 0.25) is 0 Å². The zero-order valence-electron chi connectivity index (χ0n) is 9.96. The van der Waals surface area contributed by atoms with Crippen molar-refractivity contribution in [2.45, 2.75) is 70.8 Å². The highest BCUT2D eigenvalue weighted by atomic mass is 16.5. The summed E-state index contributed by atoms with van der Waals surface area (Å²) < 4.78 is 5.36. The summed E-state index contributed by atoms with van der Waals surface area (Å²) in [6.45, 7) is 3.01. The maximum atomic E-state index is 11.6. The molecule has 0 aromatic heterocycles. The van der Waals surface area contributed by atoms with Crippen LogP contribution in [0, 0.1) is 0 Å². The predicted molar refractivity (Wildman–Crippen MR) is 62.0 cm³/mol. The van der Waals surface area contributed by atoms with E-state index < -0.39 is 0 Å². The molecule has 1 unspecified atom stereocenters. The third kappa shape index (κ3) is 5.31. The molecule has 1 atom stereocenters. The van der Waals surface area contributed by atoms with Crippen molar-refractivity contribution in [3.63, 3.8) is 0 Å². The van der Waals surface area contributed by atoms with Crippen molar-refractivity contribution in [1.29, 1.82) is 0 Å². The summed E-state index contributed by atoms with van der Waals surface area (Å²) in [4.78, 5) is 11.6. The third-order valence-corrected chi connectivity index (χ3v) is 3.07. The molecule has 0 aromatic rings. The number of carbonyl (C=O) groups is 1. The third-order valence-electron chi connectivity index (χ3n) is 3.07. The number of ether oxygens (including phenoxy) is 1. The van der Waals surface area contributed by atoms with E-state index in [1.165, 1.54) is 32.1 Å². The Labute approximate surface area is 93.4 Å². The Morgan fingerprint density at radius 3 is 2.60 bits per heavy atom. The zero-order valence-corrected chi connectivity index (χ0v) is 9.96. The van der Waals surface area contributed by atoms with Gasteiger partial charge in [0, 0.05) is 13.0 Å². The van der Waals surface area contributed by atoms with Crippen LogP contribution in [0.15, 0.2) is 0 Å². The van der Waals surface area contributed by atoms with E-state index in [-0.39, 0.29) is 6.10 Å². The van der Waals surface area contributed by atoms with Crippen molar-refractivity contribution in [1.82, 2.24) is 0 Å². The van der Waals surface area contributed by atoms with Crippen LogP contribution in [-0.4, -0.2) is 18.5 Å². The molecule has 0 saturated carbocycles. The van der Waals surface area contributed by atoms with Crippen LogP contribution in [0.2, 0.25) is 0 Å². The van der Waals surface area contributed by atoms with Gasteiger partial charge in [0.25, 0.3) is 0 Å². The van der Waals surface area contributed by atoms with E-state index in [2.05, 4.69) is 6.92 Å². The molecule has 0 aliphatic carbocycles. The highest BCUT2D eigenvalue weighted by Gasteiger charge is 2.22. The fourth-order valence-corrected chi connectivity index (χ4v) is 2.07. The molecule has 1 aliphatic rings. The highest BCUT2D eigenvalue weighted by molar-refractivity contribution is 5.83. The van der Waals surface area contributed by atoms with E-state index in [0.29, 0.717) is 5.78 Å². The number of ketones is 1. The Morgan fingerprint density at radius 2 is 1.93 bits per heavy atom. The van der Waals surface area contributed by atoms with Gasteiger partial charge in [0.1, 0.15) is 6.10 Å². The Bertz CT molecular complexity index is 171. The van der Waals surface area contributed by atoms with Crippen molar-refractivity contribution >= 4 is 5.78 Å². The van der Waals surface area contributed by atoms with Crippen LogP contribution in [0.25, 0.3) is 0 Å². The summed E-state index contributed by atoms with van der Waals surface area (Å²) in [7, 11) is 0. The van der Waals surface area contributed by atoms with Crippen molar-refractivity contribution in [3.05, 3.63) is 0 Å². The summed E-state index contributed by atoms with van der Waals surface area (Å²) in [6, 6.07) is 0. The van der Waals surface area contributed by atoms with E-state index in [1.54, 1.807) is 0 Å². The summed E-state index contributed by atoms with van der Waals surface area (Å²) in [6.07, 6.45) is 10.2.